The highest BCUT2D eigenvalue weighted by Crippen LogP contribution is 2.17. The van der Waals surface area contributed by atoms with Crippen molar-refractivity contribution >= 4 is 0 Å². The maximum Gasteiger partial charge on any atom is 0.271 e. The van der Waals surface area contributed by atoms with E-state index in [2.05, 4.69) is 11.2 Å². The second-order valence-corrected chi connectivity index (χ2v) is 5.64. The van der Waals surface area contributed by atoms with Crippen LogP contribution in [-0.2, 0) is 13.0 Å². The van der Waals surface area contributed by atoms with Gasteiger partial charge in [-0.3, -0.25) is 4.79 Å². The highest BCUT2D eigenvalue weighted by atomic mass is 16.1. The molecule has 108 valence electrons. The molecule has 0 aliphatic heterocycles. The molecule has 0 amide bonds. The fourth-order valence-electron chi connectivity index (χ4n) is 2.14. The van der Waals surface area contributed by atoms with Gasteiger partial charge >= 0.3 is 0 Å². The molecule has 0 fully saturated rings. The zero-order chi connectivity index (χ0) is 15.4. The van der Waals surface area contributed by atoms with Crippen molar-refractivity contribution in [2.75, 3.05) is 0 Å². The van der Waals surface area contributed by atoms with Crippen LogP contribution in [0.5, 0.6) is 0 Å². The first kappa shape index (κ1) is 15.0. The van der Waals surface area contributed by atoms with Gasteiger partial charge in [0.2, 0.25) is 0 Å². The topological polar surface area (TPSA) is 58.7 Å². The van der Waals surface area contributed by atoms with Crippen molar-refractivity contribution in [2.45, 2.75) is 33.7 Å². The van der Waals surface area contributed by atoms with E-state index in [0.29, 0.717) is 18.0 Å². The van der Waals surface area contributed by atoms with Crippen molar-refractivity contribution in [1.29, 1.82) is 5.26 Å². The number of hydrogen-bond acceptors (Lipinski definition) is 3. The highest BCUT2D eigenvalue weighted by molar-refractivity contribution is 5.59. The quantitative estimate of drug-likeness (QED) is 0.865. The monoisotopic (exact) mass is 281 g/mol. The minimum atomic E-state index is -0.166. The summed E-state index contributed by atoms with van der Waals surface area (Å²) in [6.07, 6.45) is 0.109. The Bertz CT molecular complexity index is 721. The molecule has 0 bridgehead atoms. The molecule has 0 radical (unpaired) electrons. The van der Waals surface area contributed by atoms with Gasteiger partial charge in [0, 0.05) is 17.7 Å². The van der Waals surface area contributed by atoms with Gasteiger partial charge in [0.1, 0.15) is 0 Å². The van der Waals surface area contributed by atoms with Gasteiger partial charge in [0.05, 0.1) is 18.2 Å². The normalized spacial score (nSPS) is 10.6. The van der Waals surface area contributed by atoms with E-state index in [1.165, 1.54) is 10.2 Å². The summed E-state index contributed by atoms with van der Waals surface area (Å²) in [7, 11) is 0. The third kappa shape index (κ3) is 3.57. The number of hydrogen-bond donors (Lipinski definition) is 0. The van der Waals surface area contributed by atoms with Crippen LogP contribution in [0.4, 0.5) is 0 Å². The smallest absolute Gasteiger partial charge is 0.267 e. The molecule has 0 aliphatic rings. The SMILES string of the molecule is Cc1ccc(-c2cc(CC#N)c(=O)n(CC(C)C)n2)cc1. The Hall–Kier alpha value is -2.41. The molecule has 0 saturated heterocycles. The van der Waals surface area contributed by atoms with Gasteiger partial charge in [0.25, 0.3) is 5.56 Å². The fourth-order valence-corrected chi connectivity index (χ4v) is 2.14. The van der Waals surface area contributed by atoms with Crippen LogP contribution < -0.4 is 5.56 Å². The van der Waals surface area contributed by atoms with E-state index >= 15 is 0 Å². The summed E-state index contributed by atoms with van der Waals surface area (Å²) in [6.45, 7) is 6.65. The number of nitriles is 1. The lowest BCUT2D eigenvalue weighted by Crippen LogP contribution is -2.28. The average Bonchev–Trinajstić information content (AvgIpc) is 2.43. The lowest BCUT2D eigenvalue weighted by molar-refractivity contribution is 0.463. The van der Waals surface area contributed by atoms with Crippen LogP contribution in [0.2, 0.25) is 0 Å². The number of aryl methyl sites for hydroxylation is 1. The predicted octanol–water partition coefficient (Wildman–Crippen LogP) is 2.94. The van der Waals surface area contributed by atoms with E-state index in [4.69, 9.17) is 5.26 Å². The van der Waals surface area contributed by atoms with Crippen LogP contribution in [0.1, 0.15) is 25.0 Å². The molecule has 0 spiro atoms. The number of nitrogens with zero attached hydrogens (tertiary/aromatic N) is 3. The zero-order valence-electron chi connectivity index (χ0n) is 12.6. The van der Waals surface area contributed by atoms with E-state index in [9.17, 15) is 4.79 Å². The Morgan fingerprint density at radius 2 is 1.95 bits per heavy atom. The van der Waals surface area contributed by atoms with Gasteiger partial charge in [-0.1, -0.05) is 43.7 Å². The molecule has 1 aromatic heterocycles. The van der Waals surface area contributed by atoms with E-state index in [0.717, 1.165) is 11.3 Å². The van der Waals surface area contributed by atoms with Crippen LogP contribution in [0.25, 0.3) is 11.3 Å². The summed E-state index contributed by atoms with van der Waals surface area (Å²) in [5, 5.41) is 13.3. The van der Waals surface area contributed by atoms with Crippen LogP contribution >= 0.6 is 0 Å². The first-order valence-electron chi connectivity index (χ1n) is 7.06. The van der Waals surface area contributed by atoms with E-state index < -0.39 is 0 Å². The highest BCUT2D eigenvalue weighted by Gasteiger charge is 2.11. The molecule has 0 saturated carbocycles. The molecule has 1 heterocycles. The zero-order valence-corrected chi connectivity index (χ0v) is 12.6. The molecule has 1 aromatic carbocycles. The molecular formula is C17H19N3O. The van der Waals surface area contributed by atoms with E-state index in [1.807, 2.05) is 45.0 Å². The van der Waals surface area contributed by atoms with Crippen LogP contribution in [0.15, 0.2) is 35.1 Å². The Kier molecular flexibility index (Phi) is 4.54. The standard InChI is InChI=1S/C17H19N3O/c1-12(2)11-20-17(21)15(8-9-18)10-16(19-20)14-6-4-13(3)5-7-14/h4-7,10,12H,8,11H2,1-3H3. The molecule has 4 heteroatoms. The van der Waals surface area contributed by atoms with Crippen LogP contribution in [0, 0.1) is 24.2 Å². The van der Waals surface area contributed by atoms with Crippen molar-refractivity contribution in [3.8, 4) is 17.3 Å². The fraction of sp³-hybridized carbons (Fsp3) is 0.353. The predicted molar refractivity (Wildman–Crippen MR) is 82.8 cm³/mol. The molecule has 0 aliphatic carbocycles. The first-order valence-corrected chi connectivity index (χ1v) is 7.06. The molecule has 2 aromatic rings. The molecule has 0 N–H and O–H groups in total. The largest absolute Gasteiger partial charge is 0.271 e. The van der Waals surface area contributed by atoms with Gasteiger partial charge in [-0.05, 0) is 18.9 Å². The third-order valence-corrected chi connectivity index (χ3v) is 3.20. The van der Waals surface area contributed by atoms with Crippen LogP contribution in [-0.4, -0.2) is 9.78 Å². The summed E-state index contributed by atoms with van der Waals surface area (Å²) >= 11 is 0. The molecule has 0 atom stereocenters. The Morgan fingerprint density at radius 1 is 1.29 bits per heavy atom. The lowest BCUT2D eigenvalue weighted by Gasteiger charge is -2.11. The number of rotatable bonds is 4. The molecular weight excluding hydrogens is 262 g/mol. The average molecular weight is 281 g/mol. The molecule has 2 rings (SSSR count). The summed E-state index contributed by atoms with van der Waals surface area (Å²) < 4.78 is 1.48. The number of aromatic nitrogens is 2. The summed E-state index contributed by atoms with van der Waals surface area (Å²) in [4.78, 5) is 12.3. The van der Waals surface area contributed by atoms with Gasteiger partial charge < -0.3 is 0 Å². The second kappa shape index (κ2) is 6.36. The van der Waals surface area contributed by atoms with Gasteiger partial charge in [-0.2, -0.15) is 10.4 Å². The second-order valence-electron chi connectivity index (χ2n) is 5.64. The maximum absolute atomic E-state index is 12.3. The van der Waals surface area contributed by atoms with Crippen molar-refractivity contribution in [3.05, 3.63) is 51.8 Å². The van der Waals surface area contributed by atoms with Crippen molar-refractivity contribution in [3.63, 3.8) is 0 Å². The van der Waals surface area contributed by atoms with Crippen LogP contribution in [0.3, 0.4) is 0 Å². The Labute approximate surface area is 124 Å². The van der Waals surface area contributed by atoms with E-state index in [-0.39, 0.29) is 12.0 Å². The van der Waals surface area contributed by atoms with Gasteiger partial charge in [-0.15, -0.1) is 0 Å². The maximum atomic E-state index is 12.3. The minimum absolute atomic E-state index is 0.109. The van der Waals surface area contributed by atoms with Gasteiger partial charge in [-0.25, -0.2) is 4.68 Å². The summed E-state index contributed by atoms with van der Waals surface area (Å²) in [5.74, 6) is 0.318. The van der Waals surface area contributed by atoms with Crippen molar-refractivity contribution in [2.24, 2.45) is 5.92 Å². The van der Waals surface area contributed by atoms with Crippen molar-refractivity contribution in [1.82, 2.24) is 9.78 Å². The summed E-state index contributed by atoms with van der Waals surface area (Å²) in [6, 6.07) is 11.8. The molecule has 4 nitrogen and oxygen atoms in total. The lowest BCUT2D eigenvalue weighted by atomic mass is 10.1. The summed E-state index contributed by atoms with van der Waals surface area (Å²) in [5.41, 5.74) is 3.20. The minimum Gasteiger partial charge on any atom is -0.267 e. The Balaban J connectivity index is 2.55. The van der Waals surface area contributed by atoms with E-state index in [1.54, 1.807) is 6.07 Å². The number of benzene rings is 1. The Morgan fingerprint density at radius 3 is 2.52 bits per heavy atom. The molecule has 0 unspecified atom stereocenters. The van der Waals surface area contributed by atoms with Gasteiger partial charge in [0.15, 0.2) is 0 Å². The third-order valence-electron chi connectivity index (χ3n) is 3.20. The molecule has 21 heavy (non-hydrogen) atoms. The van der Waals surface area contributed by atoms with Crippen molar-refractivity contribution < 1.29 is 0 Å². The first-order chi connectivity index (χ1) is 10.0.